The summed E-state index contributed by atoms with van der Waals surface area (Å²) in [5.74, 6) is 1.89. The minimum Gasteiger partial charge on any atom is -0.494 e. The number of likely N-dealkylation sites (N-methyl/N-ethyl adjacent to an activating group) is 1. The molecule has 40 heavy (non-hydrogen) atoms. The average molecular weight is 548 g/mol. The van der Waals surface area contributed by atoms with E-state index in [-0.39, 0.29) is 5.91 Å². The lowest BCUT2D eigenvalue weighted by molar-refractivity contribution is 0.0723. The van der Waals surface area contributed by atoms with Gasteiger partial charge in [-0.25, -0.2) is 4.68 Å². The molecule has 4 rings (SSSR count). The molecule has 0 spiro atoms. The molecule has 1 amide bonds. The molecule has 1 fully saturated rings. The van der Waals surface area contributed by atoms with E-state index < -0.39 is 0 Å². The van der Waals surface area contributed by atoms with Crippen LogP contribution in [0.3, 0.4) is 0 Å². The van der Waals surface area contributed by atoms with Gasteiger partial charge in [-0.15, -0.1) is 0 Å². The summed E-state index contributed by atoms with van der Waals surface area (Å²) >= 11 is 0. The van der Waals surface area contributed by atoms with E-state index in [0.29, 0.717) is 31.9 Å². The number of unbranched alkanes of at least 4 members (excludes halogenated alkanes) is 1. The van der Waals surface area contributed by atoms with Crippen LogP contribution in [0.1, 0.15) is 54.7 Å². The average Bonchev–Trinajstić information content (AvgIpc) is 3.32. The topological polar surface area (TPSA) is 63.1 Å². The number of benzene rings is 2. The number of para-hydroxylation sites is 1. The van der Waals surface area contributed by atoms with E-state index in [4.69, 9.17) is 14.6 Å². The molecule has 1 aliphatic heterocycles. The van der Waals surface area contributed by atoms with Crippen LogP contribution in [0.5, 0.6) is 5.75 Å². The van der Waals surface area contributed by atoms with Crippen molar-refractivity contribution in [2.75, 3.05) is 64.5 Å². The standard InChI is InChI=1S/C32H45N5O3/c1-5-7-24-40-29-16-14-27(15-17-29)32(38)36(18-11-23-39-4)25-30-26(3)33-37(28-12-9-8-10-13-28)31(30)35-21-19-34(6-2)20-22-35/h8-10,12-17H,5-7,11,18-25H2,1-4H3. The second kappa shape index (κ2) is 14.9. The Morgan fingerprint density at radius 1 is 0.950 bits per heavy atom. The summed E-state index contributed by atoms with van der Waals surface area (Å²) in [6.07, 6.45) is 2.86. The molecule has 1 aromatic heterocycles. The first-order valence-electron chi connectivity index (χ1n) is 14.7. The highest BCUT2D eigenvalue weighted by atomic mass is 16.5. The SMILES string of the molecule is CCCCOc1ccc(C(=O)N(CCCOC)Cc2c(C)nn(-c3ccccc3)c2N2CCN(CC)CC2)cc1. The van der Waals surface area contributed by atoms with Crippen molar-refractivity contribution in [1.29, 1.82) is 0 Å². The summed E-state index contributed by atoms with van der Waals surface area (Å²) in [6, 6.07) is 17.8. The fraction of sp³-hybridized carbons (Fsp3) is 0.500. The molecule has 1 saturated heterocycles. The Bertz CT molecular complexity index is 1190. The highest BCUT2D eigenvalue weighted by molar-refractivity contribution is 5.94. The van der Waals surface area contributed by atoms with Crippen molar-refractivity contribution in [3.8, 4) is 11.4 Å². The number of aryl methyl sites for hydroxylation is 1. The highest BCUT2D eigenvalue weighted by Gasteiger charge is 2.28. The zero-order chi connectivity index (χ0) is 28.3. The quantitative estimate of drug-likeness (QED) is 0.259. The lowest BCUT2D eigenvalue weighted by Crippen LogP contribution is -2.47. The van der Waals surface area contributed by atoms with Crippen molar-refractivity contribution in [2.24, 2.45) is 0 Å². The number of nitrogens with zero attached hydrogens (tertiary/aromatic N) is 5. The van der Waals surface area contributed by atoms with Crippen molar-refractivity contribution in [1.82, 2.24) is 19.6 Å². The van der Waals surface area contributed by atoms with Gasteiger partial charge >= 0.3 is 0 Å². The molecule has 8 nitrogen and oxygen atoms in total. The van der Waals surface area contributed by atoms with Crippen LogP contribution >= 0.6 is 0 Å². The van der Waals surface area contributed by atoms with Gasteiger partial charge in [-0.3, -0.25) is 4.79 Å². The zero-order valence-electron chi connectivity index (χ0n) is 24.6. The van der Waals surface area contributed by atoms with Crippen LogP contribution in [0.25, 0.3) is 5.69 Å². The molecule has 216 valence electrons. The smallest absolute Gasteiger partial charge is 0.254 e. The molecule has 8 heteroatoms. The minimum atomic E-state index is 0.00447. The molecule has 2 aromatic carbocycles. The largest absolute Gasteiger partial charge is 0.494 e. The normalized spacial score (nSPS) is 13.9. The van der Waals surface area contributed by atoms with E-state index in [0.717, 1.165) is 80.5 Å². The van der Waals surface area contributed by atoms with Crippen LogP contribution in [-0.2, 0) is 11.3 Å². The van der Waals surface area contributed by atoms with Gasteiger partial charge in [0.05, 0.1) is 24.5 Å². The highest BCUT2D eigenvalue weighted by Crippen LogP contribution is 2.30. The van der Waals surface area contributed by atoms with Crippen LogP contribution in [0.4, 0.5) is 5.82 Å². The first-order chi connectivity index (χ1) is 19.5. The van der Waals surface area contributed by atoms with Gasteiger partial charge in [0, 0.05) is 57.6 Å². The lowest BCUT2D eigenvalue weighted by Gasteiger charge is -2.36. The summed E-state index contributed by atoms with van der Waals surface area (Å²) in [7, 11) is 1.70. The van der Waals surface area contributed by atoms with Gasteiger partial charge in [0.25, 0.3) is 5.91 Å². The number of carbonyl (C=O) groups is 1. The first kappa shape index (κ1) is 29.6. The number of hydrogen-bond acceptors (Lipinski definition) is 6. The third-order valence-electron chi connectivity index (χ3n) is 7.56. The summed E-state index contributed by atoms with van der Waals surface area (Å²) in [4.78, 5) is 20.7. The van der Waals surface area contributed by atoms with Gasteiger partial charge in [-0.05, 0) is 62.7 Å². The van der Waals surface area contributed by atoms with Crippen LogP contribution in [0.2, 0.25) is 0 Å². The predicted molar refractivity (Wildman–Crippen MR) is 161 cm³/mol. The van der Waals surface area contributed by atoms with Gasteiger partial charge in [0.1, 0.15) is 11.6 Å². The summed E-state index contributed by atoms with van der Waals surface area (Å²) in [5.41, 5.74) is 3.73. The van der Waals surface area contributed by atoms with Crippen LogP contribution in [0, 0.1) is 6.92 Å². The monoisotopic (exact) mass is 547 g/mol. The van der Waals surface area contributed by atoms with Crippen LogP contribution in [0.15, 0.2) is 54.6 Å². The molecular formula is C32H45N5O3. The molecule has 1 aliphatic rings. The maximum atomic E-state index is 13.9. The minimum absolute atomic E-state index is 0.00447. The number of hydrogen-bond donors (Lipinski definition) is 0. The number of anilines is 1. The molecule has 0 atom stereocenters. The van der Waals surface area contributed by atoms with E-state index >= 15 is 0 Å². The van der Waals surface area contributed by atoms with Gasteiger partial charge in [0.15, 0.2) is 0 Å². The van der Waals surface area contributed by atoms with Gasteiger partial charge in [0.2, 0.25) is 0 Å². The molecule has 0 N–H and O–H groups in total. The van der Waals surface area contributed by atoms with Crippen LogP contribution < -0.4 is 9.64 Å². The Hall–Kier alpha value is -3.36. The van der Waals surface area contributed by atoms with E-state index in [1.165, 1.54) is 0 Å². The summed E-state index contributed by atoms with van der Waals surface area (Å²) in [6.45, 7) is 13.7. The molecule has 0 radical (unpaired) electrons. The third-order valence-corrected chi connectivity index (χ3v) is 7.56. The van der Waals surface area contributed by atoms with E-state index in [2.05, 4.69) is 47.4 Å². The van der Waals surface area contributed by atoms with Gasteiger partial charge < -0.3 is 24.2 Å². The van der Waals surface area contributed by atoms with Crippen LogP contribution in [-0.4, -0.2) is 85.1 Å². The Labute approximate surface area is 239 Å². The lowest BCUT2D eigenvalue weighted by atomic mass is 10.1. The molecule has 2 heterocycles. The Kier molecular flexibility index (Phi) is 11.0. The zero-order valence-corrected chi connectivity index (χ0v) is 24.6. The molecule has 3 aromatic rings. The Morgan fingerprint density at radius 3 is 2.33 bits per heavy atom. The van der Waals surface area contributed by atoms with Crippen molar-refractivity contribution in [3.63, 3.8) is 0 Å². The van der Waals surface area contributed by atoms with Crippen molar-refractivity contribution < 1.29 is 14.3 Å². The van der Waals surface area contributed by atoms with E-state index in [9.17, 15) is 4.79 Å². The number of amides is 1. The van der Waals surface area contributed by atoms with Crippen molar-refractivity contribution >= 4 is 11.7 Å². The fourth-order valence-corrected chi connectivity index (χ4v) is 5.14. The van der Waals surface area contributed by atoms with E-state index in [1.807, 2.05) is 47.4 Å². The van der Waals surface area contributed by atoms with Crippen molar-refractivity contribution in [2.45, 2.75) is 46.6 Å². The Balaban J connectivity index is 1.64. The molecule has 0 unspecified atom stereocenters. The summed E-state index contributed by atoms with van der Waals surface area (Å²) in [5, 5.41) is 5.01. The number of rotatable bonds is 14. The van der Waals surface area contributed by atoms with Crippen molar-refractivity contribution in [3.05, 3.63) is 71.4 Å². The number of methoxy groups -OCH3 is 1. The molecular weight excluding hydrogens is 502 g/mol. The predicted octanol–water partition coefficient (Wildman–Crippen LogP) is 5.18. The number of carbonyl (C=O) groups excluding carboxylic acids is 1. The maximum absolute atomic E-state index is 13.9. The van der Waals surface area contributed by atoms with Gasteiger partial charge in [-0.2, -0.15) is 5.10 Å². The second-order valence-corrected chi connectivity index (χ2v) is 10.4. The molecule has 0 bridgehead atoms. The Morgan fingerprint density at radius 2 is 1.68 bits per heavy atom. The number of piperazine rings is 1. The third kappa shape index (κ3) is 7.43. The molecule has 0 aliphatic carbocycles. The first-order valence-corrected chi connectivity index (χ1v) is 14.7. The number of aromatic nitrogens is 2. The maximum Gasteiger partial charge on any atom is 0.254 e. The summed E-state index contributed by atoms with van der Waals surface area (Å²) < 4.78 is 13.2. The number of ether oxygens (including phenoxy) is 2. The second-order valence-electron chi connectivity index (χ2n) is 10.4. The molecule has 0 saturated carbocycles. The van der Waals surface area contributed by atoms with Gasteiger partial charge in [-0.1, -0.05) is 38.5 Å². The van der Waals surface area contributed by atoms with E-state index in [1.54, 1.807) is 7.11 Å². The fourth-order valence-electron chi connectivity index (χ4n) is 5.14.